The predicted octanol–water partition coefficient (Wildman–Crippen LogP) is 0.933. The Morgan fingerprint density at radius 1 is 0.667 bits per heavy atom. The molecule has 0 aromatic rings. The van der Waals surface area contributed by atoms with Crippen molar-refractivity contribution in [2.45, 2.75) is 13.3 Å². The molecular formula is C9H27NO6Ti2. The molecule has 0 amide bonds. The van der Waals surface area contributed by atoms with Crippen molar-refractivity contribution >= 4 is 0 Å². The maximum absolute atomic E-state index is 5.03. The Bertz CT molecular complexity index is 103. The topological polar surface area (TPSA) is 81.4 Å². The molecule has 9 heteroatoms. The zero-order chi connectivity index (χ0) is 14.8. The molecule has 0 fully saturated rings. The molecule has 2 N–H and O–H groups in total. The van der Waals surface area contributed by atoms with E-state index in [1.807, 2.05) is 0 Å². The Balaban J connectivity index is -0.000000196. The van der Waals surface area contributed by atoms with Crippen LogP contribution in [0.5, 0.6) is 0 Å². The van der Waals surface area contributed by atoms with E-state index in [1.165, 1.54) is 0 Å². The monoisotopic (exact) mass is 341 g/mol. The standard InChI is InChI=1S/C3H9N.6CH3O.2Ti/c1-2-3-4;6*1-2;;/h2-4H2,1H3;6*1H3;;/q;6*-1;2*+3. The van der Waals surface area contributed by atoms with Gasteiger partial charge in [-0.3, -0.25) is 0 Å². The van der Waals surface area contributed by atoms with Gasteiger partial charge in [0.25, 0.3) is 0 Å². The second-order valence-electron chi connectivity index (χ2n) is 2.51. The zero-order valence-corrected chi connectivity index (χ0v) is 15.6. The van der Waals surface area contributed by atoms with Crippen LogP contribution in [0.25, 0.3) is 0 Å². The van der Waals surface area contributed by atoms with Gasteiger partial charge in [-0.2, -0.15) is 0 Å². The van der Waals surface area contributed by atoms with Gasteiger partial charge in [0.2, 0.25) is 0 Å². The molecule has 0 aliphatic carbocycles. The van der Waals surface area contributed by atoms with E-state index in [0.29, 0.717) is 0 Å². The number of nitrogens with two attached hydrogens (primary N) is 1. The Labute approximate surface area is 126 Å². The van der Waals surface area contributed by atoms with Crippen molar-refractivity contribution in [2.24, 2.45) is 5.73 Å². The summed E-state index contributed by atoms with van der Waals surface area (Å²) in [4.78, 5) is 0. The molecule has 0 bridgehead atoms. The van der Waals surface area contributed by atoms with Gasteiger partial charge in [-0.05, 0) is 13.0 Å². The average Bonchev–Trinajstić information content (AvgIpc) is 2.44. The van der Waals surface area contributed by atoms with Crippen LogP contribution in [0.4, 0.5) is 0 Å². The first-order valence-corrected chi connectivity index (χ1v) is 9.11. The van der Waals surface area contributed by atoms with Gasteiger partial charge in [0.05, 0.1) is 0 Å². The maximum atomic E-state index is 5.03. The molecule has 0 aliphatic rings. The summed E-state index contributed by atoms with van der Waals surface area (Å²) in [7, 11) is 9.51. The molecule has 0 aromatic heterocycles. The van der Waals surface area contributed by atoms with Gasteiger partial charge >= 0.3 is 101 Å². The van der Waals surface area contributed by atoms with E-state index < -0.39 is 38.1 Å². The zero-order valence-electron chi connectivity index (χ0n) is 12.4. The number of rotatable bonds is 7. The molecule has 0 saturated carbocycles. The molecule has 112 valence electrons. The van der Waals surface area contributed by atoms with Crippen molar-refractivity contribution in [1.82, 2.24) is 0 Å². The fraction of sp³-hybridized carbons (Fsp3) is 1.00. The van der Waals surface area contributed by atoms with Crippen LogP contribution in [-0.2, 0) is 58.0 Å². The molecule has 0 aliphatic heterocycles. The molecular weight excluding hydrogens is 314 g/mol. The quantitative estimate of drug-likeness (QED) is 0.690. The summed E-state index contributed by atoms with van der Waals surface area (Å²) < 4.78 is 28.6. The third-order valence-corrected chi connectivity index (χ3v) is 4.41. The summed E-state index contributed by atoms with van der Waals surface area (Å²) in [6, 6.07) is 0. The number of hydrogen-bond donors (Lipinski definition) is 1. The molecule has 18 heavy (non-hydrogen) atoms. The van der Waals surface area contributed by atoms with Gasteiger partial charge in [0.15, 0.2) is 0 Å². The third kappa shape index (κ3) is 22.3. The fourth-order valence-electron chi connectivity index (χ4n) is 0.500. The minimum atomic E-state index is -1.90. The molecule has 0 atom stereocenters. The van der Waals surface area contributed by atoms with Crippen molar-refractivity contribution in [3.8, 4) is 0 Å². The molecule has 0 saturated heterocycles. The summed E-state index contributed by atoms with van der Waals surface area (Å²) >= 11 is -3.81. The van der Waals surface area contributed by atoms with Gasteiger partial charge in [-0.1, -0.05) is 6.92 Å². The average molecular weight is 341 g/mol. The molecule has 0 rings (SSSR count). The van der Waals surface area contributed by atoms with Crippen LogP contribution < -0.4 is 5.73 Å². The second-order valence-corrected chi connectivity index (χ2v) is 7.90. The van der Waals surface area contributed by atoms with Crippen LogP contribution in [-0.4, -0.2) is 49.2 Å². The normalized spacial score (nSPS) is 8.67. The molecule has 0 spiro atoms. The van der Waals surface area contributed by atoms with Gasteiger partial charge in [0, 0.05) is 0 Å². The molecule has 0 unspecified atom stereocenters. The molecule has 0 aromatic carbocycles. The van der Waals surface area contributed by atoms with Gasteiger partial charge in [-0.15, -0.1) is 0 Å². The van der Waals surface area contributed by atoms with E-state index in [9.17, 15) is 0 Å². The Kier molecular flexibility index (Phi) is 31.2. The number of hydrogen-bond acceptors (Lipinski definition) is 7. The summed E-state index contributed by atoms with van der Waals surface area (Å²) in [5.41, 5.74) is 5.03. The van der Waals surface area contributed by atoms with Crippen molar-refractivity contribution in [3.05, 3.63) is 0 Å². The Hall–Kier alpha value is 1.15. The SMILES string of the molecule is CCCN.C[O][Ti]([O]C)[O]C.C[O][Ti]([O]C)[O]C. The Morgan fingerprint density at radius 2 is 0.833 bits per heavy atom. The minimum absolute atomic E-state index is 0.819. The van der Waals surface area contributed by atoms with E-state index in [-0.39, 0.29) is 0 Å². The first kappa shape index (κ1) is 24.2. The molecule has 0 radical (unpaired) electrons. The van der Waals surface area contributed by atoms with Crippen LogP contribution in [0.1, 0.15) is 13.3 Å². The summed E-state index contributed by atoms with van der Waals surface area (Å²) in [6.07, 6.45) is 1.10. The summed E-state index contributed by atoms with van der Waals surface area (Å²) in [6.45, 7) is 2.88. The summed E-state index contributed by atoms with van der Waals surface area (Å²) in [5, 5.41) is 0. The van der Waals surface area contributed by atoms with E-state index in [4.69, 9.17) is 25.6 Å². The van der Waals surface area contributed by atoms with Crippen molar-refractivity contribution in [3.63, 3.8) is 0 Å². The van der Waals surface area contributed by atoms with Crippen molar-refractivity contribution < 1.29 is 58.0 Å². The third-order valence-electron chi connectivity index (χ3n) is 1.29. The van der Waals surface area contributed by atoms with E-state index in [1.54, 1.807) is 42.7 Å². The first-order valence-electron chi connectivity index (χ1n) is 5.29. The molecule has 0 heterocycles. The predicted molar refractivity (Wildman–Crippen MR) is 61.4 cm³/mol. The first-order chi connectivity index (χ1) is 8.61. The van der Waals surface area contributed by atoms with Gasteiger partial charge in [0.1, 0.15) is 0 Å². The van der Waals surface area contributed by atoms with Gasteiger partial charge in [-0.25, -0.2) is 0 Å². The van der Waals surface area contributed by atoms with Crippen LogP contribution in [0.15, 0.2) is 0 Å². The van der Waals surface area contributed by atoms with E-state index in [0.717, 1.165) is 13.0 Å². The van der Waals surface area contributed by atoms with Crippen molar-refractivity contribution in [2.75, 3.05) is 49.2 Å². The van der Waals surface area contributed by atoms with E-state index in [2.05, 4.69) is 6.92 Å². The van der Waals surface area contributed by atoms with Gasteiger partial charge < -0.3 is 5.73 Å². The second kappa shape index (κ2) is 23.3. The fourth-order valence-corrected chi connectivity index (χ4v) is 2.06. The summed E-state index contributed by atoms with van der Waals surface area (Å²) in [5.74, 6) is 0. The molecule has 7 nitrogen and oxygen atoms in total. The van der Waals surface area contributed by atoms with Crippen LogP contribution in [0, 0.1) is 0 Å². The van der Waals surface area contributed by atoms with E-state index >= 15 is 0 Å². The van der Waals surface area contributed by atoms with Crippen LogP contribution >= 0.6 is 0 Å². The van der Waals surface area contributed by atoms with Crippen molar-refractivity contribution in [1.29, 1.82) is 0 Å². The van der Waals surface area contributed by atoms with Crippen LogP contribution in [0.3, 0.4) is 0 Å². The van der Waals surface area contributed by atoms with Crippen LogP contribution in [0.2, 0.25) is 0 Å². The Morgan fingerprint density at radius 3 is 0.833 bits per heavy atom.